The lowest BCUT2D eigenvalue weighted by Gasteiger charge is -2.28. The number of sulfonamides is 1. The highest BCUT2D eigenvalue weighted by atomic mass is 32.2. The lowest BCUT2D eigenvalue weighted by Crippen LogP contribution is -2.39. The van der Waals surface area contributed by atoms with Gasteiger partial charge < -0.3 is 0 Å². The Kier molecular flexibility index (Phi) is 7.42. The van der Waals surface area contributed by atoms with E-state index in [4.69, 9.17) is 0 Å². The molecule has 0 saturated heterocycles. The molecule has 0 amide bonds. The van der Waals surface area contributed by atoms with E-state index in [0.29, 0.717) is 10.8 Å². The van der Waals surface area contributed by atoms with Crippen molar-refractivity contribution in [3.8, 4) is 0 Å². The van der Waals surface area contributed by atoms with Gasteiger partial charge in [-0.25, -0.2) is 8.42 Å². The Morgan fingerprint density at radius 2 is 1.06 bits per heavy atom. The van der Waals surface area contributed by atoms with E-state index in [2.05, 4.69) is 58.5 Å². The maximum absolute atomic E-state index is 14.0. The van der Waals surface area contributed by atoms with Crippen LogP contribution >= 0.6 is 0 Å². The van der Waals surface area contributed by atoms with Gasteiger partial charge in [0.25, 0.3) is 10.0 Å². The Balaban J connectivity index is 2.19. The zero-order valence-corrected chi connectivity index (χ0v) is 20.6. The summed E-state index contributed by atoms with van der Waals surface area (Å²) in [4.78, 5) is 3.28. The lowest BCUT2D eigenvalue weighted by atomic mass is 9.89. The molecule has 0 atom stereocenters. The molecule has 0 aliphatic heterocycles. The summed E-state index contributed by atoms with van der Waals surface area (Å²) in [5.74, 6) is 0.458. The fraction of sp³-hybridized carbons (Fsp3) is 0.333. The zero-order chi connectivity index (χ0) is 23.5. The number of hydrogen-bond donors (Lipinski definition) is 1. The van der Waals surface area contributed by atoms with Crippen LogP contribution in [0.25, 0.3) is 0 Å². The molecule has 0 heterocycles. The number of nitrogens with zero attached hydrogens (tertiary/aromatic N) is 1. The molecule has 32 heavy (non-hydrogen) atoms. The molecule has 0 radical (unpaired) electrons. The Morgan fingerprint density at radius 3 is 1.41 bits per heavy atom. The summed E-state index contributed by atoms with van der Waals surface area (Å²) in [7, 11) is -3.87. The third-order valence-corrected chi connectivity index (χ3v) is 7.02. The molecule has 3 rings (SSSR count). The summed E-state index contributed by atoms with van der Waals surface area (Å²) in [6, 6.07) is 23.1. The van der Waals surface area contributed by atoms with Gasteiger partial charge in [0.2, 0.25) is 0 Å². The minimum absolute atomic E-state index is 0.0691. The summed E-state index contributed by atoms with van der Waals surface area (Å²) in [5.41, 5.74) is 4.37. The normalized spacial score (nSPS) is 12.0. The average molecular weight is 451 g/mol. The van der Waals surface area contributed by atoms with E-state index in [1.54, 1.807) is 5.01 Å². The van der Waals surface area contributed by atoms with Crippen LogP contribution in [0.3, 0.4) is 0 Å². The first-order chi connectivity index (χ1) is 15.1. The molecular weight excluding hydrogens is 416 g/mol. The van der Waals surface area contributed by atoms with Crippen LogP contribution in [0.1, 0.15) is 76.0 Å². The first-order valence-electron chi connectivity index (χ1n) is 11.2. The van der Waals surface area contributed by atoms with Crippen molar-refractivity contribution in [1.82, 2.24) is 4.83 Å². The lowest BCUT2D eigenvalue weighted by molar-refractivity contribution is 0.577. The molecule has 3 aromatic carbocycles. The van der Waals surface area contributed by atoms with Gasteiger partial charge in [-0.15, -0.1) is 4.83 Å². The largest absolute Gasteiger partial charge is 0.263 e. The van der Waals surface area contributed by atoms with Crippen LogP contribution in [0.2, 0.25) is 0 Å². The minimum atomic E-state index is -3.87. The van der Waals surface area contributed by atoms with Gasteiger partial charge in [-0.1, -0.05) is 90.1 Å². The summed E-state index contributed by atoms with van der Waals surface area (Å²) >= 11 is 0. The fourth-order valence-corrected chi connectivity index (χ4v) is 5.53. The van der Waals surface area contributed by atoms with Crippen LogP contribution < -0.4 is 9.84 Å². The van der Waals surface area contributed by atoms with Crippen LogP contribution in [-0.2, 0) is 10.0 Å². The number of nitrogens with one attached hydrogen (secondary N) is 1. The first-order valence-corrected chi connectivity index (χ1v) is 12.7. The van der Waals surface area contributed by atoms with Crippen LogP contribution in [0, 0.1) is 0 Å². The van der Waals surface area contributed by atoms with Crippen molar-refractivity contribution in [3.05, 3.63) is 89.5 Å². The Hall–Kier alpha value is -2.63. The third kappa shape index (κ3) is 5.22. The molecule has 5 heteroatoms. The van der Waals surface area contributed by atoms with Gasteiger partial charge in [0, 0.05) is 0 Å². The van der Waals surface area contributed by atoms with E-state index >= 15 is 0 Å². The van der Waals surface area contributed by atoms with Crippen LogP contribution in [0.4, 0.5) is 11.4 Å². The second-order valence-corrected chi connectivity index (χ2v) is 10.7. The molecule has 0 unspecified atom stereocenters. The SMILES string of the molecule is CC(C)c1cc(C(C)C)c(S(=O)(=O)NN(c2ccccc2)c2ccccc2)c(C(C)C)c1. The van der Waals surface area contributed by atoms with Gasteiger partial charge in [-0.05, 0) is 58.7 Å². The van der Waals surface area contributed by atoms with Crippen LogP contribution in [-0.4, -0.2) is 8.42 Å². The Bertz CT molecular complexity index is 1070. The summed E-state index contributed by atoms with van der Waals surface area (Å²) in [6.07, 6.45) is 0. The Morgan fingerprint density at radius 1 is 0.656 bits per heavy atom. The molecule has 0 spiro atoms. The quantitative estimate of drug-likeness (QED) is 0.373. The highest BCUT2D eigenvalue weighted by Gasteiger charge is 2.29. The number of hydrogen-bond acceptors (Lipinski definition) is 3. The van der Waals surface area contributed by atoms with E-state index in [1.807, 2.05) is 60.7 Å². The summed E-state index contributed by atoms with van der Waals surface area (Å²) in [5, 5.41) is 1.64. The predicted molar refractivity (Wildman–Crippen MR) is 134 cm³/mol. The maximum Gasteiger partial charge on any atom is 0.258 e. The minimum Gasteiger partial charge on any atom is -0.263 e. The number of para-hydroxylation sites is 2. The Labute approximate surface area is 193 Å². The second kappa shape index (κ2) is 9.88. The van der Waals surface area contributed by atoms with Crippen molar-refractivity contribution in [2.24, 2.45) is 0 Å². The van der Waals surface area contributed by atoms with Crippen molar-refractivity contribution in [3.63, 3.8) is 0 Å². The molecule has 0 fully saturated rings. The van der Waals surface area contributed by atoms with E-state index in [1.165, 1.54) is 5.56 Å². The topological polar surface area (TPSA) is 49.4 Å². The van der Waals surface area contributed by atoms with Gasteiger partial charge in [-0.2, -0.15) is 0 Å². The molecule has 4 nitrogen and oxygen atoms in total. The van der Waals surface area contributed by atoms with E-state index in [0.717, 1.165) is 22.5 Å². The molecule has 1 N–H and O–H groups in total. The maximum atomic E-state index is 14.0. The fourth-order valence-electron chi connectivity index (χ4n) is 3.77. The molecule has 170 valence electrons. The smallest absolute Gasteiger partial charge is 0.258 e. The van der Waals surface area contributed by atoms with Gasteiger partial charge in [0.1, 0.15) is 0 Å². The number of hydrazine groups is 1. The summed E-state index contributed by atoms with van der Waals surface area (Å²) in [6.45, 7) is 12.5. The molecule has 0 aliphatic rings. The molecule has 0 aliphatic carbocycles. The predicted octanol–water partition coefficient (Wildman–Crippen LogP) is 7.09. The van der Waals surface area contributed by atoms with E-state index in [-0.39, 0.29) is 11.8 Å². The average Bonchev–Trinajstić information content (AvgIpc) is 2.77. The van der Waals surface area contributed by atoms with Crippen molar-refractivity contribution in [2.45, 2.75) is 64.2 Å². The monoisotopic (exact) mass is 450 g/mol. The van der Waals surface area contributed by atoms with Gasteiger partial charge in [-0.3, -0.25) is 5.01 Å². The van der Waals surface area contributed by atoms with Crippen molar-refractivity contribution in [2.75, 3.05) is 5.01 Å². The molecule has 0 saturated carbocycles. The molecule has 3 aromatic rings. The zero-order valence-electron chi connectivity index (χ0n) is 19.8. The molecule has 0 aromatic heterocycles. The van der Waals surface area contributed by atoms with E-state index < -0.39 is 10.0 Å². The van der Waals surface area contributed by atoms with Crippen molar-refractivity contribution >= 4 is 21.4 Å². The second-order valence-electron chi connectivity index (χ2n) is 9.09. The number of anilines is 2. The van der Waals surface area contributed by atoms with Gasteiger partial charge >= 0.3 is 0 Å². The first kappa shape index (κ1) is 24.0. The highest BCUT2D eigenvalue weighted by molar-refractivity contribution is 7.89. The van der Waals surface area contributed by atoms with Crippen molar-refractivity contribution in [1.29, 1.82) is 0 Å². The van der Waals surface area contributed by atoms with E-state index in [9.17, 15) is 8.42 Å². The van der Waals surface area contributed by atoms with Crippen LogP contribution in [0.15, 0.2) is 77.7 Å². The molecule has 0 bridgehead atoms. The number of benzene rings is 3. The summed E-state index contributed by atoms with van der Waals surface area (Å²) < 4.78 is 27.9. The molecular formula is C27H34N2O2S. The highest BCUT2D eigenvalue weighted by Crippen LogP contribution is 2.36. The van der Waals surface area contributed by atoms with Crippen molar-refractivity contribution < 1.29 is 8.42 Å². The number of rotatable bonds is 8. The van der Waals surface area contributed by atoms with Crippen LogP contribution in [0.5, 0.6) is 0 Å². The van der Waals surface area contributed by atoms with Gasteiger partial charge in [0.15, 0.2) is 0 Å². The third-order valence-electron chi connectivity index (χ3n) is 5.59. The van der Waals surface area contributed by atoms with Gasteiger partial charge in [0.05, 0.1) is 16.3 Å². The standard InChI is InChI=1S/C27H34N2O2S/c1-19(2)22-17-25(20(3)4)27(26(18-22)21(5)6)32(30,31)28-29(23-13-9-7-10-14-23)24-15-11-8-12-16-24/h7-21,28H,1-6H3.